The van der Waals surface area contributed by atoms with Crippen LogP contribution in [0.15, 0.2) is 52.7 Å². The summed E-state index contributed by atoms with van der Waals surface area (Å²) in [5, 5.41) is 20.7. The molecule has 1 aromatic rings. The topological polar surface area (TPSA) is 102 Å². The molecule has 0 spiro atoms. The van der Waals surface area contributed by atoms with Crippen molar-refractivity contribution in [3.8, 4) is 0 Å². The van der Waals surface area contributed by atoms with Gasteiger partial charge >= 0.3 is 0 Å². The quantitative estimate of drug-likeness (QED) is 0.634. The Labute approximate surface area is 152 Å². The zero-order chi connectivity index (χ0) is 19.1. The van der Waals surface area contributed by atoms with Gasteiger partial charge in [-0.25, -0.2) is 4.99 Å². The molecular formula is C19H23N3O4. The van der Waals surface area contributed by atoms with E-state index in [2.05, 4.69) is 10.3 Å². The first-order valence-electron chi connectivity index (χ1n) is 8.32. The average Bonchev–Trinajstić information content (AvgIpc) is 2.59. The third-order valence-electron chi connectivity index (χ3n) is 3.81. The number of aliphatic imine (C=N–C) groups is 1. The number of aliphatic hydroxyl groups excluding tert-OH is 2. The summed E-state index contributed by atoms with van der Waals surface area (Å²) in [7, 11) is 0. The van der Waals surface area contributed by atoms with Gasteiger partial charge in [0.2, 0.25) is 11.7 Å². The van der Waals surface area contributed by atoms with Crippen LogP contribution in [0.3, 0.4) is 0 Å². The Hall–Kier alpha value is -2.77. The highest BCUT2D eigenvalue weighted by atomic mass is 16.3. The number of nitrogens with one attached hydrogen (secondary N) is 1. The van der Waals surface area contributed by atoms with Crippen molar-refractivity contribution in [3.63, 3.8) is 0 Å². The zero-order valence-corrected chi connectivity index (χ0v) is 14.9. The molecule has 0 saturated carbocycles. The van der Waals surface area contributed by atoms with Gasteiger partial charge in [0, 0.05) is 25.7 Å². The monoisotopic (exact) mass is 357 g/mol. The lowest BCUT2D eigenvalue weighted by Crippen LogP contribution is -2.29. The molecule has 1 aliphatic rings. The van der Waals surface area contributed by atoms with E-state index < -0.39 is 0 Å². The van der Waals surface area contributed by atoms with E-state index in [9.17, 15) is 9.59 Å². The molecule has 0 atom stereocenters. The van der Waals surface area contributed by atoms with Gasteiger partial charge in [-0.05, 0) is 48.9 Å². The Morgan fingerprint density at radius 3 is 2.27 bits per heavy atom. The van der Waals surface area contributed by atoms with Crippen molar-refractivity contribution in [1.82, 2.24) is 5.32 Å². The second kappa shape index (κ2) is 9.07. The minimum atomic E-state index is -0.311. The Morgan fingerprint density at radius 1 is 1.12 bits per heavy atom. The predicted molar refractivity (Wildman–Crippen MR) is 101 cm³/mol. The van der Waals surface area contributed by atoms with Crippen LogP contribution >= 0.6 is 0 Å². The summed E-state index contributed by atoms with van der Waals surface area (Å²) in [6, 6.07) is 7.35. The van der Waals surface area contributed by atoms with Crippen molar-refractivity contribution < 1.29 is 19.8 Å². The number of carbonyl (C=O) groups is 2. The second-order valence-electron chi connectivity index (χ2n) is 5.88. The number of allylic oxidation sites excluding steroid dienone is 3. The Bertz CT molecular complexity index is 757. The van der Waals surface area contributed by atoms with Gasteiger partial charge in [-0.3, -0.25) is 9.59 Å². The van der Waals surface area contributed by atoms with Gasteiger partial charge in [-0.15, -0.1) is 0 Å². The molecule has 1 amide bonds. The highest BCUT2D eigenvalue weighted by Gasteiger charge is 2.17. The molecule has 0 aliphatic heterocycles. The Kier molecular flexibility index (Phi) is 6.82. The van der Waals surface area contributed by atoms with Crippen LogP contribution in [0.5, 0.6) is 0 Å². The van der Waals surface area contributed by atoms with Crippen LogP contribution in [0, 0.1) is 0 Å². The molecule has 26 heavy (non-hydrogen) atoms. The van der Waals surface area contributed by atoms with E-state index in [1.54, 1.807) is 13.0 Å². The molecule has 138 valence electrons. The number of anilines is 1. The number of nitrogens with zero attached hydrogens (tertiary/aromatic N) is 2. The molecule has 7 nitrogen and oxygen atoms in total. The van der Waals surface area contributed by atoms with E-state index in [0.717, 1.165) is 11.3 Å². The van der Waals surface area contributed by atoms with Crippen molar-refractivity contribution in [3.05, 3.63) is 47.7 Å². The first-order valence-corrected chi connectivity index (χ1v) is 8.32. The van der Waals surface area contributed by atoms with Crippen LogP contribution in [-0.4, -0.2) is 53.9 Å². The summed E-state index contributed by atoms with van der Waals surface area (Å²) in [5.74, 6) is -0.565. The molecule has 0 fully saturated rings. The molecule has 0 heterocycles. The normalized spacial score (nSPS) is 15.5. The number of carbonyl (C=O) groups excluding carboxylic acids is 2. The summed E-state index contributed by atoms with van der Waals surface area (Å²) in [6.45, 7) is 4.00. The largest absolute Gasteiger partial charge is 0.395 e. The second-order valence-corrected chi connectivity index (χ2v) is 5.88. The molecule has 0 saturated heterocycles. The van der Waals surface area contributed by atoms with Crippen LogP contribution in [0.4, 0.5) is 11.4 Å². The fourth-order valence-corrected chi connectivity index (χ4v) is 2.57. The van der Waals surface area contributed by atoms with Gasteiger partial charge in [0.1, 0.15) is 0 Å². The third kappa shape index (κ3) is 5.11. The number of aliphatic hydroxyl groups is 2. The minimum absolute atomic E-state index is 0.00120. The van der Waals surface area contributed by atoms with Gasteiger partial charge < -0.3 is 20.4 Å². The fourth-order valence-electron chi connectivity index (χ4n) is 2.57. The number of hydrogen-bond donors (Lipinski definition) is 3. The zero-order valence-electron chi connectivity index (χ0n) is 14.9. The summed E-state index contributed by atoms with van der Waals surface area (Å²) in [5.41, 5.74) is 3.09. The maximum Gasteiger partial charge on any atom is 0.221 e. The fraction of sp³-hybridized carbons (Fsp3) is 0.316. The number of hydrogen-bond acceptors (Lipinski definition) is 6. The van der Waals surface area contributed by atoms with Crippen LogP contribution < -0.4 is 10.2 Å². The van der Waals surface area contributed by atoms with Crippen molar-refractivity contribution >= 4 is 28.8 Å². The van der Waals surface area contributed by atoms with E-state index in [0.29, 0.717) is 24.5 Å². The Balaban J connectivity index is 2.25. The summed E-state index contributed by atoms with van der Waals surface area (Å²) < 4.78 is 0. The third-order valence-corrected chi connectivity index (χ3v) is 3.81. The SMILES string of the molecule is CC(=O)NC1=CC(=Nc2ccc(N(CCO)CCO)cc2)C(C)=CC1=O. The maximum absolute atomic E-state index is 11.9. The Morgan fingerprint density at radius 2 is 1.73 bits per heavy atom. The van der Waals surface area contributed by atoms with E-state index in [1.807, 2.05) is 29.2 Å². The predicted octanol–water partition coefficient (Wildman–Crippen LogP) is 1.10. The summed E-state index contributed by atoms with van der Waals surface area (Å²) in [4.78, 5) is 29.5. The first-order chi connectivity index (χ1) is 12.4. The van der Waals surface area contributed by atoms with E-state index in [-0.39, 0.29) is 30.6 Å². The molecule has 0 bridgehead atoms. The minimum Gasteiger partial charge on any atom is -0.395 e. The number of rotatable bonds is 7. The summed E-state index contributed by atoms with van der Waals surface area (Å²) >= 11 is 0. The van der Waals surface area contributed by atoms with Gasteiger partial charge in [-0.2, -0.15) is 0 Å². The van der Waals surface area contributed by atoms with E-state index in [4.69, 9.17) is 10.2 Å². The lowest BCUT2D eigenvalue weighted by Gasteiger charge is -2.22. The molecule has 0 unspecified atom stereocenters. The van der Waals surface area contributed by atoms with Crippen LogP contribution in [0.25, 0.3) is 0 Å². The average molecular weight is 357 g/mol. The molecule has 2 rings (SSSR count). The molecule has 1 aromatic carbocycles. The van der Waals surface area contributed by atoms with Crippen molar-refractivity contribution in [2.45, 2.75) is 13.8 Å². The van der Waals surface area contributed by atoms with Gasteiger partial charge in [-0.1, -0.05) is 0 Å². The van der Waals surface area contributed by atoms with Crippen LogP contribution in [0.2, 0.25) is 0 Å². The standard InChI is InChI=1S/C19H23N3O4/c1-13-11-19(26)18(20-14(2)25)12-17(13)21-15-3-5-16(6-4-15)22(7-9-23)8-10-24/h3-6,11-12,23-24H,7-10H2,1-2H3,(H,20,25). The highest BCUT2D eigenvalue weighted by molar-refractivity contribution is 6.22. The molecule has 3 N–H and O–H groups in total. The first kappa shape index (κ1) is 19.6. The molecular weight excluding hydrogens is 334 g/mol. The van der Waals surface area contributed by atoms with E-state index >= 15 is 0 Å². The van der Waals surface area contributed by atoms with Gasteiger partial charge in [0.05, 0.1) is 30.3 Å². The van der Waals surface area contributed by atoms with Gasteiger partial charge in [0.25, 0.3) is 0 Å². The molecule has 7 heteroatoms. The van der Waals surface area contributed by atoms with Crippen molar-refractivity contribution in [1.29, 1.82) is 0 Å². The smallest absolute Gasteiger partial charge is 0.221 e. The molecule has 0 radical (unpaired) electrons. The summed E-state index contributed by atoms with van der Waals surface area (Å²) in [6.07, 6.45) is 3.01. The number of benzene rings is 1. The molecule has 0 aromatic heterocycles. The van der Waals surface area contributed by atoms with E-state index in [1.165, 1.54) is 13.0 Å². The highest BCUT2D eigenvalue weighted by Crippen LogP contribution is 2.22. The number of ketones is 1. The van der Waals surface area contributed by atoms with Crippen molar-refractivity contribution in [2.24, 2.45) is 4.99 Å². The lowest BCUT2D eigenvalue weighted by molar-refractivity contribution is -0.120. The van der Waals surface area contributed by atoms with Crippen LogP contribution in [0.1, 0.15) is 13.8 Å². The van der Waals surface area contributed by atoms with Gasteiger partial charge in [0.15, 0.2) is 0 Å². The molecule has 1 aliphatic carbocycles. The van der Waals surface area contributed by atoms with Crippen molar-refractivity contribution in [2.75, 3.05) is 31.2 Å². The lowest BCUT2D eigenvalue weighted by atomic mass is 10.0. The number of amides is 1. The van der Waals surface area contributed by atoms with Crippen LogP contribution in [-0.2, 0) is 9.59 Å². The maximum atomic E-state index is 11.9.